The third kappa shape index (κ3) is 5.05. The number of rotatable bonds is 5. The van der Waals surface area contributed by atoms with E-state index in [1.54, 1.807) is 7.05 Å². The Hall–Kier alpha value is -1.26. The lowest BCUT2D eigenvalue weighted by Gasteiger charge is -2.02. The van der Waals surface area contributed by atoms with Crippen LogP contribution < -0.4 is 5.32 Å². The van der Waals surface area contributed by atoms with Gasteiger partial charge >= 0.3 is 0 Å². The van der Waals surface area contributed by atoms with Crippen LogP contribution in [0.15, 0.2) is 36.3 Å². The summed E-state index contributed by atoms with van der Waals surface area (Å²) >= 11 is 0. The van der Waals surface area contributed by atoms with Gasteiger partial charge in [-0.1, -0.05) is 12.7 Å². The molecule has 0 aromatic heterocycles. The number of nitrogens with one attached hydrogen (secondary N) is 1. The van der Waals surface area contributed by atoms with Crippen LogP contribution in [0.25, 0.3) is 0 Å². The van der Waals surface area contributed by atoms with E-state index < -0.39 is 6.10 Å². The SMILES string of the molecule is C=C/C(O)=C(O)\C=C\C(O)CNC. The van der Waals surface area contributed by atoms with Gasteiger partial charge in [0.05, 0.1) is 6.10 Å². The van der Waals surface area contributed by atoms with Crippen molar-refractivity contribution in [1.82, 2.24) is 5.32 Å². The molecule has 0 spiro atoms. The fraction of sp³-hybridized carbons (Fsp3) is 0.333. The molecule has 74 valence electrons. The van der Waals surface area contributed by atoms with Crippen LogP contribution in [0.5, 0.6) is 0 Å². The first-order chi connectivity index (χ1) is 6.11. The average molecular weight is 185 g/mol. The molecule has 1 unspecified atom stereocenters. The summed E-state index contributed by atoms with van der Waals surface area (Å²) < 4.78 is 0. The molecule has 0 bridgehead atoms. The third-order valence-corrected chi connectivity index (χ3v) is 1.35. The smallest absolute Gasteiger partial charge is 0.157 e. The Kier molecular flexibility index (Phi) is 5.67. The summed E-state index contributed by atoms with van der Waals surface area (Å²) in [6.45, 7) is 3.66. The third-order valence-electron chi connectivity index (χ3n) is 1.35. The van der Waals surface area contributed by atoms with Crippen molar-refractivity contribution in [3.63, 3.8) is 0 Å². The molecule has 0 rings (SSSR count). The Balaban J connectivity index is 4.18. The minimum Gasteiger partial charge on any atom is -0.504 e. The van der Waals surface area contributed by atoms with E-state index in [1.807, 2.05) is 0 Å². The molecule has 13 heavy (non-hydrogen) atoms. The van der Waals surface area contributed by atoms with Crippen LogP contribution >= 0.6 is 0 Å². The standard InChI is InChI=1S/C9H15NO3/c1-3-8(12)9(13)5-4-7(11)6-10-2/h3-5,7,10-13H,1,6H2,2H3/b5-4+,9-8-. The van der Waals surface area contributed by atoms with E-state index in [0.717, 1.165) is 6.08 Å². The Morgan fingerprint density at radius 3 is 2.54 bits per heavy atom. The molecule has 0 aliphatic carbocycles. The first-order valence-corrected chi connectivity index (χ1v) is 3.87. The van der Waals surface area contributed by atoms with Gasteiger partial charge in [0.1, 0.15) is 0 Å². The molecule has 0 saturated heterocycles. The molecule has 1 atom stereocenters. The fourth-order valence-electron chi connectivity index (χ4n) is 0.669. The first-order valence-electron chi connectivity index (χ1n) is 3.87. The van der Waals surface area contributed by atoms with Crippen LogP contribution in [0.4, 0.5) is 0 Å². The van der Waals surface area contributed by atoms with Crippen molar-refractivity contribution in [2.24, 2.45) is 0 Å². The summed E-state index contributed by atoms with van der Waals surface area (Å²) in [5.41, 5.74) is 0. The lowest BCUT2D eigenvalue weighted by molar-refractivity contribution is 0.221. The molecule has 4 N–H and O–H groups in total. The Morgan fingerprint density at radius 1 is 1.46 bits per heavy atom. The lowest BCUT2D eigenvalue weighted by atomic mass is 10.3. The number of hydrogen-bond acceptors (Lipinski definition) is 4. The molecular weight excluding hydrogens is 170 g/mol. The second-order valence-electron chi connectivity index (χ2n) is 2.46. The van der Waals surface area contributed by atoms with E-state index in [4.69, 9.17) is 15.3 Å². The van der Waals surface area contributed by atoms with Gasteiger partial charge in [-0.05, 0) is 19.2 Å². The van der Waals surface area contributed by atoms with E-state index in [1.165, 1.54) is 12.2 Å². The van der Waals surface area contributed by atoms with Gasteiger partial charge in [0.2, 0.25) is 0 Å². The van der Waals surface area contributed by atoms with Crippen LogP contribution in [0.2, 0.25) is 0 Å². The topological polar surface area (TPSA) is 72.7 Å². The Bertz CT molecular complexity index is 221. The predicted octanol–water partition coefficient (Wildman–Crippen LogP) is 0.636. The van der Waals surface area contributed by atoms with Gasteiger partial charge in [-0.3, -0.25) is 0 Å². The average Bonchev–Trinajstić information content (AvgIpc) is 2.13. The van der Waals surface area contributed by atoms with Crippen LogP contribution in [0, 0.1) is 0 Å². The first kappa shape index (κ1) is 11.7. The molecule has 0 radical (unpaired) electrons. The van der Waals surface area contributed by atoms with E-state index in [9.17, 15) is 0 Å². The number of hydrogen-bond donors (Lipinski definition) is 4. The zero-order chi connectivity index (χ0) is 10.3. The molecule has 0 aromatic rings. The maximum atomic E-state index is 9.16. The maximum absolute atomic E-state index is 9.16. The van der Waals surface area contributed by atoms with Gasteiger partial charge < -0.3 is 20.6 Å². The van der Waals surface area contributed by atoms with Crippen LogP contribution in [-0.2, 0) is 0 Å². The van der Waals surface area contributed by atoms with Gasteiger partial charge in [0.15, 0.2) is 11.5 Å². The highest BCUT2D eigenvalue weighted by molar-refractivity contribution is 5.21. The minimum absolute atomic E-state index is 0.312. The summed E-state index contributed by atoms with van der Waals surface area (Å²) in [6.07, 6.45) is 3.01. The molecule has 0 saturated carbocycles. The molecule has 0 fully saturated rings. The summed E-state index contributed by atoms with van der Waals surface area (Å²) in [6, 6.07) is 0. The van der Waals surface area contributed by atoms with Crippen molar-refractivity contribution in [1.29, 1.82) is 0 Å². The quantitative estimate of drug-likeness (QED) is 0.374. The second kappa shape index (κ2) is 6.28. The molecule has 0 aliphatic heterocycles. The Morgan fingerprint density at radius 2 is 2.08 bits per heavy atom. The highest BCUT2D eigenvalue weighted by Crippen LogP contribution is 2.00. The van der Waals surface area contributed by atoms with Crippen molar-refractivity contribution in [3.8, 4) is 0 Å². The monoisotopic (exact) mass is 185 g/mol. The summed E-state index contributed by atoms with van der Waals surface area (Å²) in [5, 5.41) is 29.9. The number of allylic oxidation sites excluding steroid dienone is 2. The molecule has 4 nitrogen and oxygen atoms in total. The van der Waals surface area contributed by atoms with Crippen molar-refractivity contribution in [2.75, 3.05) is 13.6 Å². The van der Waals surface area contributed by atoms with E-state index >= 15 is 0 Å². The van der Waals surface area contributed by atoms with Crippen LogP contribution in [-0.4, -0.2) is 35.0 Å². The number of aliphatic hydroxyl groups excluding tert-OH is 3. The van der Waals surface area contributed by atoms with Gasteiger partial charge in [-0.15, -0.1) is 0 Å². The van der Waals surface area contributed by atoms with Gasteiger partial charge in [-0.25, -0.2) is 0 Å². The molecule has 4 heteroatoms. The second-order valence-corrected chi connectivity index (χ2v) is 2.46. The number of aliphatic hydroxyl groups is 3. The van der Waals surface area contributed by atoms with Gasteiger partial charge in [0, 0.05) is 6.54 Å². The normalized spacial score (nSPS) is 15.5. The van der Waals surface area contributed by atoms with Crippen LogP contribution in [0.1, 0.15) is 0 Å². The molecule has 0 aromatic carbocycles. The Labute approximate surface area is 77.5 Å². The van der Waals surface area contributed by atoms with E-state index in [2.05, 4.69) is 11.9 Å². The van der Waals surface area contributed by atoms with Crippen molar-refractivity contribution in [3.05, 3.63) is 36.3 Å². The van der Waals surface area contributed by atoms with Gasteiger partial charge in [0.25, 0.3) is 0 Å². The summed E-state index contributed by atoms with van der Waals surface area (Å²) in [7, 11) is 1.70. The minimum atomic E-state index is -0.690. The highest BCUT2D eigenvalue weighted by Gasteiger charge is 1.98. The summed E-state index contributed by atoms with van der Waals surface area (Å²) in [4.78, 5) is 0. The molecule has 0 heterocycles. The van der Waals surface area contributed by atoms with Crippen LogP contribution in [0.3, 0.4) is 0 Å². The molecule has 0 amide bonds. The maximum Gasteiger partial charge on any atom is 0.157 e. The molecular formula is C9H15NO3. The van der Waals surface area contributed by atoms with Crippen molar-refractivity contribution in [2.45, 2.75) is 6.10 Å². The zero-order valence-electron chi connectivity index (χ0n) is 7.57. The number of likely N-dealkylation sites (N-methyl/N-ethyl adjacent to an activating group) is 1. The predicted molar refractivity (Wildman–Crippen MR) is 51.6 cm³/mol. The van der Waals surface area contributed by atoms with E-state index in [-0.39, 0.29) is 11.5 Å². The van der Waals surface area contributed by atoms with E-state index in [0.29, 0.717) is 6.54 Å². The largest absolute Gasteiger partial charge is 0.504 e. The summed E-state index contributed by atoms with van der Waals surface area (Å²) in [5.74, 6) is -0.627. The highest BCUT2D eigenvalue weighted by atomic mass is 16.3. The lowest BCUT2D eigenvalue weighted by Crippen LogP contribution is -2.21. The van der Waals surface area contributed by atoms with Crippen molar-refractivity contribution >= 4 is 0 Å². The fourth-order valence-corrected chi connectivity index (χ4v) is 0.669. The van der Waals surface area contributed by atoms with Crippen molar-refractivity contribution < 1.29 is 15.3 Å². The molecule has 0 aliphatic rings. The van der Waals surface area contributed by atoms with Gasteiger partial charge in [-0.2, -0.15) is 0 Å². The zero-order valence-corrected chi connectivity index (χ0v) is 7.57.